The number of anilines is 1. The van der Waals surface area contributed by atoms with Crippen molar-refractivity contribution in [2.75, 3.05) is 25.7 Å². The molecule has 7 heteroatoms. The Morgan fingerprint density at radius 1 is 1.62 bits per heavy atom. The number of ether oxygens (including phenoxy) is 1. The molecule has 92 valence electrons. The number of likely N-dealkylation sites (N-methyl/N-ethyl adjacent to an activating group) is 1. The van der Waals surface area contributed by atoms with E-state index in [1.54, 1.807) is 7.11 Å². The molecule has 0 aliphatic carbocycles. The molecule has 1 aromatic heterocycles. The molecule has 1 rings (SSSR count). The lowest BCUT2D eigenvalue weighted by molar-refractivity contribution is 0.0975. The second kappa shape index (κ2) is 6.74. The van der Waals surface area contributed by atoms with Gasteiger partial charge >= 0.3 is 0 Å². The summed E-state index contributed by atoms with van der Waals surface area (Å²) in [5.41, 5.74) is 3.50. The zero-order valence-corrected chi connectivity index (χ0v) is 10.8. The largest absolute Gasteiger partial charge is 0.383 e. The summed E-state index contributed by atoms with van der Waals surface area (Å²) in [5, 5.41) is 4.88. The van der Waals surface area contributed by atoms with Crippen molar-refractivity contribution in [3.8, 4) is 0 Å². The predicted octanol–water partition coefficient (Wildman–Crippen LogP) is 0.680. The molecule has 1 atom stereocenters. The number of hydrogen-bond acceptors (Lipinski definition) is 7. The molecule has 0 saturated carbocycles. The van der Waals surface area contributed by atoms with Gasteiger partial charge in [-0.2, -0.15) is 0 Å². The van der Waals surface area contributed by atoms with Gasteiger partial charge in [0.15, 0.2) is 0 Å². The van der Waals surface area contributed by atoms with Crippen molar-refractivity contribution in [1.82, 2.24) is 14.5 Å². The first kappa shape index (κ1) is 13.3. The van der Waals surface area contributed by atoms with Crippen LogP contribution in [0.15, 0.2) is 0 Å². The molecule has 1 aromatic rings. The van der Waals surface area contributed by atoms with Crippen molar-refractivity contribution in [1.29, 1.82) is 0 Å². The van der Waals surface area contributed by atoms with Gasteiger partial charge in [0.25, 0.3) is 0 Å². The molecular weight excluding hydrogens is 226 g/mol. The van der Waals surface area contributed by atoms with E-state index < -0.39 is 0 Å². The van der Waals surface area contributed by atoms with E-state index in [0.29, 0.717) is 12.6 Å². The van der Waals surface area contributed by atoms with Gasteiger partial charge in [0.05, 0.1) is 6.61 Å². The van der Waals surface area contributed by atoms with E-state index in [-0.39, 0.29) is 0 Å². The predicted molar refractivity (Wildman–Crippen MR) is 65.1 cm³/mol. The number of hydrogen-bond donors (Lipinski definition) is 2. The van der Waals surface area contributed by atoms with Gasteiger partial charge in [-0.15, -0.1) is 5.10 Å². The Morgan fingerprint density at radius 2 is 2.38 bits per heavy atom. The molecule has 0 fully saturated rings. The average molecular weight is 245 g/mol. The van der Waals surface area contributed by atoms with E-state index in [4.69, 9.17) is 10.6 Å². The number of nitrogens with two attached hydrogens (primary N) is 1. The van der Waals surface area contributed by atoms with E-state index in [9.17, 15) is 0 Å². The molecule has 3 N–H and O–H groups in total. The van der Waals surface area contributed by atoms with Gasteiger partial charge in [-0.1, -0.05) is 11.4 Å². The highest BCUT2D eigenvalue weighted by molar-refractivity contribution is 7.10. The van der Waals surface area contributed by atoms with E-state index in [1.165, 1.54) is 11.5 Å². The third-order valence-corrected chi connectivity index (χ3v) is 3.18. The molecule has 0 aliphatic rings. The fourth-order valence-corrected chi connectivity index (χ4v) is 2.02. The first-order valence-electron chi connectivity index (χ1n) is 5.23. The highest BCUT2D eigenvalue weighted by Crippen LogP contribution is 2.18. The fraction of sp³-hybridized carbons (Fsp3) is 0.778. The SMILES string of the molecule is CCN(Cc1nnsc1NN)C(C)COC. The van der Waals surface area contributed by atoms with Crippen LogP contribution in [-0.4, -0.2) is 40.8 Å². The number of aromatic nitrogens is 2. The molecule has 0 amide bonds. The first-order chi connectivity index (χ1) is 7.72. The zero-order valence-electron chi connectivity index (χ0n) is 9.93. The summed E-state index contributed by atoms with van der Waals surface area (Å²) in [6.45, 7) is 6.61. The minimum Gasteiger partial charge on any atom is -0.383 e. The first-order valence-corrected chi connectivity index (χ1v) is 6.01. The minimum atomic E-state index is 0.349. The van der Waals surface area contributed by atoms with Gasteiger partial charge in [0.1, 0.15) is 10.7 Å². The van der Waals surface area contributed by atoms with Gasteiger partial charge < -0.3 is 10.2 Å². The lowest BCUT2D eigenvalue weighted by atomic mass is 10.2. The summed E-state index contributed by atoms with van der Waals surface area (Å²) in [4.78, 5) is 2.26. The van der Waals surface area contributed by atoms with Crippen molar-refractivity contribution in [3.63, 3.8) is 0 Å². The standard InChI is InChI=1S/C9H19N5OS/c1-4-14(7(2)6-15-3)5-8-9(11-10)16-13-12-8/h7,11H,4-6,10H2,1-3H3. The minimum absolute atomic E-state index is 0.349. The topological polar surface area (TPSA) is 76.3 Å². The van der Waals surface area contributed by atoms with Crippen LogP contribution in [0.5, 0.6) is 0 Å². The van der Waals surface area contributed by atoms with Gasteiger partial charge in [-0.05, 0) is 13.5 Å². The van der Waals surface area contributed by atoms with Crippen molar-refractivity contribution in [2.24, 2.45) is 5.84 Å². The highest BCUT2D eigenvalue weighted by atomic mass is 32.1. The second-order valence-corrected chi connectivity index (χ2v) is 4.31. The maximum Gasteiger partial charge on any atom is 0.148 e. The summed E-state index contributed by atoms with van der Waals surface area (Å²) < 4.78 is 9.02. The lowest BCUT2D eigenvalue weighted by Gasteiger charge is -2.26. The molecule has 0 radical (unpaired) electrons. The van der Waals surface area contributed by atoms with Crippen LogP contribution in [0.2, 0.25) is 0 Å². The molecule has 0 spiro atoms. The fourth-order valence-electron chi connectivity index (χ4n) is 1.54. The van der Waals surface area contributed by atoms with Crippen molar-refractivity contribution < 1.29 is 4.74 Å². The normalized spacial score (nSPS) is 13.1. The second-order valence-electron chi connectivity index (χ2n) is 3.56. The molecule has 1 unspecified atom stereocenters. The molecule has 6 nitrogen and oxygen atoms in total. The maximum atomic E-state index is 5.38. The Bertz CT molecular complexity index is 306. The number of methoxy groups -OCH3 is 1. The Hall–Kier alpha value is -0.760. The van der Waals surface area contributed by atoms with E-state index >= 15 is 0 Å². The Labute approximate surface area is 99.9 Å². The number of rotatable bonds is 7. The summed E-state index contributed by atoms with van der Waals surface area (Å²) in [7, 11) is 1.71. The Morgan fingerprint density at radius 3 is 2.94 bits per heavy atom. The lowest BCUT2D eigenvalue weighted by Crippen LogP contribution is -2.35. The highest BCUT2D eigenvalue weighted by Gasteiger charge is 2.16. The van der Waals surface area contributed by atoms with Crippen molar-refractivity contribution >= 4 is 16.5 Å². The van der Waals surface area contributed by atoms with Crippen molar-refractivity contribution in [2.45, 2.75) is 26.4 Å². The Balaban J connectivity index is 2.62. The number of nitrogens with one attached hydrogen (secondary N) is 1. The molecule has 0 saturated heterocycles. The average Bonchev–Trinajstić information content (AvgIpc) is 2.73. The zero-order chi connectivity index (χ0) is 12.0. The van der Waals surface area contributed by atoms with Crippen LogP contribution < -0.4 is 11.3 Å². The number of hydrazine groups is 1. The third-order valence-electron chi connectivity index (χ3n) is 2.48. The van der Waals surface area contributed by atoms with Crippen LogP contribution in [0.4, 0.5) is 5.00 Å². The van der Waals surface area contributed by atoms with Crippen LogP contribution in [0.1, 0.15) is 19.5 Å². The van der Waals surface area contributed by atoms with Crippen LogP contribution in [0, 0.1) is 0 Å². The van der Waals surface area contributed by atoms with Crippen LogP contribution >= 0.6 is 11.5 Å². The van der Waals surface area contributed by atoms with Gasteiger partial charge in [0.2, 0.25) is 0 Å². The molecule has 1 heterocycles. The summed E-state index contributed by atoms with van der Waals surface area (Å²) in [5.74, 6) is 5.38. The van der Waals surface area contributed by atoms with E-state index in [2.05, 4.69) is 33.8 Å². The van der Waals surface area contributed by atoms with Crippen LogP contribution in [0.3, 0.4) is 0 Å². The summed E-state index contributed by atoms with van der Waals surface area (Å²) in [6, 6.07) is 0.349. The Kier molecular flexibility index (Phi) is 5.61. The summed E-state index contributed by atoms with van der Waals surface area (Å²) in [6.07, 6.45) is 0. The van der Waals surface area contributed by atoms with Gasteiger partial charge in [-0.25, -0.2) is 5.84 Å². The van der Waals surface area contributed by atoms with E-state index in [1.807, 2.05) is 0 Å². The van der Waals surface area contributed by atoms with Gasteiger partial charge in [-0.3, -0.25) is 4.90 Å². The van der Waals surface area contributed by atoms with Crippen LogP contribution in [-0.2, 0) is 11.3 Å². The molecule has 0 aromatic carbocycles. The van der Waals surface area contributed by atoms with Gasteiger partial charge in [0, 0.05) is 31.2 Å². The van der Waals surface area contributed by atoms with Crippen molar-refractivity contribution in [3.05, 3.63) is 5.69 Å². The monoisotopic (exact) mass is 245 g/mol. The molecule has 16 heavy (non-hydrogen) atoms. The molecular formula is C9H19N5OS. The quantitative estimate of drug-likeness (QED) is 0.543. The number of nitrogen functional groups attached to an aromatic ring is 1. The summed E-state index contributed by atoms with van der Waals surface area (Å²) >= 11 is 1.27. The van der Waals surface area contributed by atoms with Crippen LogP contribution in [0.25, 0.3) is 0 Å². The number of nitrogens with zero attached hydrogens (tertiary/aromatic N) is 3. The third kappa shape index (κ3) is 3.38. The molecule has 0 aliphatic heterocycles. The maximum absolute atomic E-state index is 5.38. The smallest absolute Gasteiger partial charge is 0.148 e. The molecule has 0 bridgehead atoms. The van der Waals surface area contributed by atoms with E-state index in [0.717, 1.165) is 23.8 Å².